The highest BCUT2D eigenvalue weighted by Gasteiger charge is 1.95. The average molecular weight is 207 g/mol. The van der Waals surface area contributed by atoms with Crippen LogP contribution in [-0.2, 0) is 0 Å². The number of aromatic nitrogens is 1. The van der Waals surface area contributed by atoms with E-state index in [0.717, 1.165) is 5.69 Å². The summed E-state index contributed by atoms with van der Waals surface area (Å²) in [5, 5.41) is 3.70. The first-order chi connectivity index (χ1) is 5.72. The first-order valence-corrected chi connectivity index (χ1v) is 4.49. The Hall–Kier alpha value is -0.470. The molecule has 1 heterocycles. The molecule has 12 heavy (non-hydrogen) atoms. The number of pyridine rings is 1. The molecule has 0 aromatic carbocycles. The van der Waals surface area contributed by atoms with E-state index in [-0.39, 0.29) is 0 Å². The van der Waals surface area contributed by atoms with Crippen molar-refractivity contribution in [3.8, 4) is 0 Å². The van der Waals surface area contributed by atoms with Gasteiger partial charge in [-0.1, -0.05) is 37.0 Å². The van der Waals surface area contributed by atoms with Crippen molar-refractivity contribution in [2.45, 2.75) is 13.8 Å². The highest BCUT2D eigenvalue weighted by Crippen LogP contribution is 2.17. The summed E-state index contributed by atoms with van der Waals surface area (Å²) in [5.74, 6) is 0. The molecule has 0 atom stereocenters. The van der Waals surface area contributed by atoms with E-state index in [0.29, 0.717) is 10.3 Å². The fraction of sp³-hybridized carbons (Fsp3) is 0.375. The Kier molecular flexibility index (Phi) is 5.85. The Balaban J connectivity index is 0.000000561. The number of hydrogen-bond acceptors (Lipinski definition) is 2. The fourth-order valence-corrected chi connectivity index (χ4v) is 1.07. The van der Waals surface area contributed by atoms with Crippen molar-refractivity contribution in [3.63, 3.8) is 0 Å². The molecular formula is C8H12Cl2N2. The van der Waals surface area contributed by atoms with Gasteiger partial charge < -0.3 is 5.32 Å². The van der Waals surface area contributed by atoms with Crippen LogP contribution >= 0.6 is 23.2 Å². The van der Waals surface area contributed by atoms with Gasteiger partial charge in [0.1, 0.15) is 10.3 Å². The number of rotatable bonds is 1. The van der Waals surface area contributed by atoms with Gasteiger partial charge in [-0.05, 0) is 12.1 Å². The molecular weight excluding hydrogens is 195 g/mol. The number of nitrogens with one attached hydrogen (secondary N) is 1. The van der Waals surface area contributed by atoms with Crippen LogP contribution in [0, 0.1) is 0 Å². The van der Waals surface area contributed by atoms with Crippen molar-refractivity contribution < 1.29 is 0 Å². The number of anilines is 1. The van der Waals surface area contributed by atoms with Crippen LogP contribution in [0.3, 0.4) is 0 Å². The van der Waals surface area contributed by atoms with E-state index in [1.165, 1.54) is 0 Å². The number of hydrogen-bond donors (Lipinski definition) is 1. The molecule has 0 unspecified atom stereocenters. The van der Waals surface area contributed by atoms with E-state index in [9.17, 15) is 0 Å². The molecule has 1 aromatic heterocycles. The zero-order chi connectivity index (χ0) is 9.56. The minimum absolute atomic E-state index is 0.400. The van der Waals surface area contributed by atoms with Crippen molar-refractivity contribution in [2.75, 3.05) is 12.4 Å². The Morgan fingerprint density at radius 3 is 1.92 bits per heavy atom. The van der Waals surface area contributed by atoms with Gasteiger partial charge in [-0.2, -0.15) is 0 Å². The molecule has 0 saturated heterocycles. The summed E-state index contributed by atoms with van der Waals surface area (Å²) >= 11 is 11.2. The lowest BCUT2D eigenvalue weighted by Gasteiger charge is -1.99. The molecule has 0 aliphatic carbocycles. The second kappa shape index (κ2) is 6.09. The second-order valence-electron chi connectivity index (χ2n) is 1.75. The number of nitrogens with zero attached hydrogens (tertiary/aromatic N) is 1. The Morgan fingerprint density at radius 2 is 1.58 bits per heavy atom. The van der Waals surface area contributed by atoms with Crippen LogP contribution in [0.4, 0.5) is 5.69 Å². The van der Waals surface area contributed by atoms with Crippen molar-refractivity contribution in [1.82, 2.24) is 4.98 Å². The van der Waals surface area contributed by atoms with Crippen LogP contribution in [0.25, 0.3) is 0 Å². The van der Waals surface area contributed by atoms with E-state index in [1.807, 2.05) is 13.8 Å². The number of halogens is 2. The molecule has 1 N–H and O–H groups in total. The zero-order valence-electron chi connectivity index (χ0n) is 7.36. The van der Waals surface area contributed by atoms with E-state index in [2.05, 4.69) is 10.3 Å². The maximum atomic E-state index is 5.59. The Labute approximate surface area is 82.9 Å². The van der Waals surface area contributed by atoms with Gasteiger partial charge in [-0.3, -0.25) is 0 Å². The lowest BCUT2D eigenvalue weighted by molar-refractivity contribution is 1.32. The summed E-state index contributed by atoms with van der Waals surface area (Å²) in [4.78, 5) is 3.77. The monoisotopic (exact) mass is 206 g/mol. The van der Waals surface area contributed by atoms with Gasteiger partial charge in [0.2, 0.25) is 0 Å². The highest BCUT2D eigenvalue weighted by atomic mass is 35.5. The fourth-order valence-electron chi connectivity index (χ4n) is 0.609. The average Bonchev–Trinajstić information content (AvgIpc) is 2.06. The molecule has 68 valence electrons. The quantitative estimate of drug-likeness (QED) is 0.713. The molecule has 0 spiro atoms. The molecule has 4 heteroatoms. The lowest BCUT2D eigenvalue weighted by Crippen LogP contribution is -1.88. The maximum Gasteiger partial charge on any atom is 0.132 e. The van der Waals surface area contributed by atoms with E-state index < -0.39 is 0 Å². The second-order valence-corrected chi connectivity index (χ2v) is 2.53. The summed E-state index contributed by atoms with van der Waals surface area (Å²) in [6.07, 6.45) is 0. The molecule has 0 fully saturated rings. The summed E-state index contributed by atoms with van der Waals surface area (Å²) in [5.41, 5.74) is 0.866. The molecule has 0 radical (unpaired) electrons. The molecule has 0 aliphatic rings. The van der Waals surface area contributed by atoms with Crippen LogP contribution in [-0.4, -0.2) is 12.0 Å². The third-order valence-electron chi connectivity index (χ3n) is 1.05. The lowest BCUT2D eigenvalue weighted by atomic mass is 10.4. The van der Waals surface area contributed by atoms with Crippen LogP contribution in [0.2, 0.25) is 10.3 Å². The van der Waals surface area contributed by atoms with Gasteiger partial charge in [0.25, 0.3) is 0 Å². The smallest absolute Gasteiger partial charge is 0.132 e. The minimum atomic E-state index is 0.400. The predicted octanol–water partition coefficient (Wildman–Crippen LogP) is 3.46. The van der Waals surface area contributed by atoms with Crippen molar-refractivity contribution in [2.24, 2.45) is 0 Å². The van der Waals surface area contributed by atoms with Crippen LogP contribution < -0.4 is 5.32 Å². The zero-order valence-corrected chi connectivity index (χ0v) is 8.87. The van der Waals surface area contributed by atoms with E-state index >= 15 is 0 Å². The van der Waals surface area contributed by atoms with Crippen molar-refractivity contribution >= 4 is 28.9 Å². The summed E-state index contributed by atoms with van der Waals surface area (Å²) in [6, 6.07) is 3.40. The highest BCUT2D eigenvalue weighted by molar-refractivity contribution is 6.32. The standard InChI is InChI=1S/C6H6Cl2N2.C2H6/c1-9-4-2-5(7)10-6(8)3-4;1-2/h2-3H,1H3,(H,9,10);1-2H3. The van der Waals surface area contributed by atoms with E-state index in [1.54, 1.807) is 19.2 Å². The Morgan fingerprint density at radius 1 is 1.17 bits per heavy atom. The van der Waals surface area contributed by atoms with Gasteiger partial charge in [0.15, 0.2) is 0 Å². The van der Waals surface area contributed by atoms with Crippen molar-refractivity contribution in [3.05, 3.63) is 22.4 Å². The first-order valence-electron chi connectivity index (χ1n) is 3.73. The van der Waals surface area contributed by atoms with Gasteiger partial charge in [0.05, 0.1) is 0 Å². The van der Waals surface area contributed by atoms with Crippen molar-refractivity contribution in [1.29, 1.82) is 0 Å². The van der Waals surface area contributed by atoms with E-state index in [4.69, 9.17) is 23.2 Å². The van der Waals surface area contributed by atoms with Gasteiger partial charge in [0, 0.05) is 12.7 Å². The first kappa shape index (κ1) is 11.5. The topological polar surface area (TPSA) is 24.9 Å². The van der Waals surface area contributed by atoms with Crippen LogP contribution in [0.15, 0.2) is 12.1 Å². The molecule has 0 bridgehead atoms. The third-order valence-corrected chi connectivity index (χ3v) is 1.44. The molecule has 0 saturated carbocycles. The minimum Gasteiger partial charge on any atom is -0.388 e. The normalized spacial score (nSPS) is 8.42. The summed E-state index contributed by atoms with van der Waals surface area (Å²) < 4.78 is 0. The third kappa shape index (κ3) is 3.79. The Bertz CT molecular complexity index is 218. The summed E-state index contributed by atoms with van der Waals surface area (Å²) in [7, 11) is 1.79. The largest absolute Gasteiger partial charge is 0.388 e. The molecule has 2 nitrogen and oxygen atoms in total. The van der Waals surface area contributed by atoms with Crippen LogP contribution in [0.1, 0.15) is 13.8 Å². The molecule has 0 aliphatic heterocycles. The molecule has 1 rings (SSSR count). The molecule has 1 aromatic rings. The van der Waals surface area contributed by atoms with Gasteiger partial charge in [-0.15, -0.1) is 0 Å². The maximum absolute atomic E-state index is 5.59. The SMILES string of the molecule is CC.CNc1cc(Cl)nc(Cl)c1. The predicted molar refractivity (Wildman–Crippen MR) is 55.2 cm³/mol. The molecule has 0 amide bonds. The van der Waals surface area contributed by atoms with Gasteiger partial charge in [-0.25, -0.2) is 4.98 Å². The van der Waals surface area contributed by atoms with Gasteiger partial charge >= 0.3 is 0 Å². The summed E-state index contributed by atoms with van der Waals surface area (Å²) in [6.45, 7) is 4.00. The van der Waals surface area contributed by atoms with Crippen LogP contribution in [0.5, 0.6) is 0 Å².